The summed E-state index contributed by atoms with van der Waals surface area (Å²) in [5.41, 5.74) is 0. The Bertz CT molecular complexity index is 492. The van der Waals surface area contributed by atoms with Gasteiger partial charge in [-0.15, -0.1) is 0 Å². The van der Waals surface area contributed by atoms with E-state index in [2.05, 4.69) is 17.6 Å². The molecule has 4 atom stereocenters. The predicted octanol–water partition coefficient (Wildman–Crippen LogP) is 2.86. The van der Waals surface area contributed by atoms with Gasteiger partial charge in [0.25, 0.3) is 0 Å². The molecule has 0 aliphatic heterocycles. The molecule has 23 heavy (non-hydrogen) atoms. The highest BCUT2D eigenvalue weighted by Crippen LogP contribution is 2.30. The molecule has 0 bridgehead atoms. The molecule has 2 aliphatic carbocycles. The van der Waals surface area contributed by atoms with Gasteiger partial charge < -0.3 is 10.6 Å². The lowest BCUT2D eigenvalue weighted by Gasteiger charge is -2.30. The maximum absolute atomic E-state index is 12.1. The Morgan fingerprint density at radius 3 is 2.43 bits per heavy atom. The lowest BCUT2D eigenvalue weighted by atomic mass is 9.80. The van der Waals surface area contributed by atoms with Gasteiger partial charge in [-0.3, -0.25) is 0 Å². The number of amides is 2. The third-order valence-electron chi connectivity index (χ3n) is 5.59. The summed E-state index contributed by atoms with van der Waals surface area (Å²) in [7, 11) is -3.00. The number of rotatable bonds is 5. The molecular weight excluding hydrogens is 312 g/mol. The zero-order valence-corrected chi connectivity index (χ0v) is 15.3. The fraction of sp³-hybridized carbons (Fsp3) is 0.941. The van der Waals surface area contributed by atoms with Crippen molar-refractivity contribution in [3.63, 3.8) is 0 Å². The molecule has 0 heterocycles. The molecule has 2 saturated carbocycles. The van der Waals surface area contributed by atoms with E-state index in [0.29, 0.717) is 12.3 Å². The molecule has 2 N–H and O–H groups in total. The smallest absolute Gasteiger partial charge is 0.315 e. The maximum atomic E-state index is 12.1. The van der Waals surface area contributed by atoms with Gasteiger partial charge in [-0.1, -0.05) is 32.6 Å². The molecule has 0 aromatic heterocycles. The highest BCUT2D eigenvalue weighted by molar-refractivity contribution is 7.91. The van der Waals surface area contributed by atoms with Gasteiger partial charge in [0.05, 0.1) is 5.25 Å². The van der Waals surface area contributed by atoms with E-state index in [1.54, 1.807) is 0 Å². The number of hydrogen-bond donors (Lipinski definition) is 2. The molecule has 0 saturated heterocycles. The van der Waals surface area contributed by atoms with Crippen LogP contribution in [0.2, 0.25) is 0 Å². The third-order valence-corrected chi connectivity index (χ3v) is 7.23. The largest absolute Gasteiger partial charge is 0.338 e. The zero-order chi connectivity index (χ0) is 16.9. The van der Waals surface area contributed by atoms with Crippen LogP contribution in [0.15, 0.2) is 0 Å². The van der Waals surface area contributed by atoms with Crippen molar-refractivity contribution in [2.24, 2.45) is 11.8 Å². The summed E-state index contributed by atoms with van der Waals surface area (Å²) < 4.78 is 23.4. The minimum Gasteiger partial charge on any atom is -0.338 e. The molecule has 134 valence electrons. The number of hydrogen-bond acceptors (Lipinski definition) is 3. The van der Waals surface area contributed by atoms with Crippen molar-refractivity contribution in [2.45, 2.75) is 76.0 Å². The standard InChI is InChI=1S/C17H32N2O3S/c1-3-13-6-4-7-14(10-13)12-18-17(20)19-15-8-5-9-16(11-15)23(2,21)22/h13-16H,3-12H2,1-2H3,(H2,18,19,20). The Morgan fingerprint density at radius 2 is 1.74 bits per heavy atom. The fourth-order valence-corrected chi connectivity index (χ4v) is 5.27. The van der Waals surface area contributed by atoms with Crippen LogP contribution in [0.25, 0.3) is 0 Å². The van der Waals surface area contributed by atoms with E-state index in [1.165, 1.54) is 38.4 Å². The van der Waals surface area contributed by atoms with E-state index >= 15 is 0 Å². The first-order valence-electron chi connectivity index (χ1n) is 9.11. The van der Waals surface area contributed by atoms with Crippen molar-refractivity contribution in [2.75, 3.05) is 12.8 Å². The van der Waals surface area contributed by atoms with Gasteiger partial charge in [-0.25, -0.2) is 13.2 Å². The average Bonchev–Trinajstić information content (AvgIpc) is 2.52. The number of urea groups is 1. The fourth-order valence-electron chi connectivity index (χ4n) is 4.10. The van der Waals surface area contributed by atoms with Gasteiger partial charge >= 0.3 is 6.03 Å². The Hall–Kier alpha value is -0.780. The van der Waals surface area contributed by atoms with Crippen molar-refractivity contribution >= 4 is 15.9 Å². The molecule has 5 nitrogen and oxygen atoms in total. The predicted molar refractivity (Wildman–Crippen MR) is 93.2 cm³/mol. The second-order valence-corrected chi connectivity index (χ2v) is 9.80. The van der Waals surface area contributed by atoms with Crippen molar-refractivity contribution in [1.82, 2.24) is 10.6 Å². The first kappa shape index (κ1) is 18.6. The summed E-state index contributed by atoms with van der Waals surface area (Å²) in [6.07, 6.45) is 10.6. The summed E-state index contributed by atoms with van der Waals surface area (Å²) in [6.45, 7) is 2.99. The van der Waals surface area contributed by atoms with E-state index in [4.69, 9.17) is 0 Å². The van der Waals surface area contributed by atoms with Gasteiger partial charge in [0, 0.05) is 18.8 Å². The van der Waals surface area contributed by atoms with Gasteiger partial charge in [0.1, 0.15) is 9.84 Å². The highest BCUT2D eigenvalue weighted by atomic mass is 32.2. The van der Waals surface area contributed by atoms with E-state index < -0.39 is 9.84 Å². The van der Waals surface area contributed by atoms with Gasteiger partial charge in [0.15, 0.2) is 0 Å². The quantitative estimate of drug-likeness (QED) is 0.805. The first-order valence-corrected chi connectivity index (χ1v) is 11.1. The summed E-state index contributed by atoms with van der Waals surface area (Å²) in [5, 5.41) is 5.67. The third kappa shape index (κ3) is 5.98. The molecule has 0 aromatic carbocycles. The Morgan fingerprint density at radius 1 is 1.04 bits per heavy atom. The first-order chi connectivity index (χ1) is 10.9. The summed E-state index contributed by atoms with van der Waals surface area (Å²) >= 11 is 0. The molecular formula is C17H32N2O3S. The molecule has 4 unspecified atom stereocenters. The summed E-state index contributed by atoms with van der Waals surface area (Å²) in [4.78, 5) is 12.1. The highest BCUT2D eigenvalue weighted by Gasteiger charge is 2.29. The van der Waals surface area contributed by atoms with E-state index in [9.17, 15) is 13.2 Å². The van der Waals surface area contributed by atoms with E-state index in [0.717, 1.165) is 31.7 Å². The van der Waals surface area contributed by atoms with Crippen LogP contribution in [0, 0.1) is 11.8 Å². The van der Waals surface area contributed by atoms with E-state index in [-0.39, 0.29) is 17.3 Å². The average molecular weight is 345 g/mol. The molecule has 2 rings (SSSR count). The molecule has 2 amide bonds. The van der Waals surface area contributed by atoms with Crippen LogP contribution >= 0.6 is 0 Å². The van der Waals surface area contributed by atoms with Gasteiger partial charge in [-0.05, 0) is 43.9 Å². The second-order valence-electron chi connectivity index (χ2n) is 7.48. The maximum Gasteiger partial charge on any atom is 0.315 e. The Labute approximate surface area is 140 Å². The number of carbonyl (C=O) groups excluding carboxylic acids is 1. The van der Waals surface area contributed by atoms with Crippen molar-refractivity contribution < 1.29 is 13.2 Å². The van der Waals surface area contributed by atoms with Crippen LogP contribution in [0.1, 0.15) is 64.7 Å². The minimum absolute atomic E-state index is 0.0155. The molecule has 2 aliphatic rings. The van der Waals surface area contributed by atoms with Crippen LogP contribution in [0.3, 0.4) is 0 Å². The minimum atomic E-state index is -3.00. The molecule has 0 spiro atoms. The van der Waals surface area contributed by atoms with Crippen molar-refractivity contribution in [1.29, 1.82) is 0 Å². The second kappa shape index (κ2) is 8.36. The lowest BCUT2D eigenvalue weighted by Crippen LogP contribution is -2.47. The number of sulfone groups is 1. The van der Waals surface area contributed by atoms with Gasteiger partial charge in [0.2, 0.25) is 0 Å². The number of nitrogens with one attached hydrogen (secondary N) is 2. The molecule has 0 aromatic rings. The zero-order valence-electron chi connectivity index (χ0n) is 14.5. The SMILES string of the molecule is CCC1CCCC(CNC(=O)NC2CCCC(S(C)(=O)=O)C2)C1. The van der Waals surface area contributed by atoms with Crippen LogP contribution in [0.5, 0.6) is 0 Å². The molecule has 2 fully saturated rings. The monoisotopic (exact) mass is 344 g/mol. The van der Waals surface area contributed by atoms with Crippen LogP contribution < -0.4 is 10.6 Å². The number of carbonyl (C=O) groups is 1. The topological polar surface area (TPSA) is 75.3 Å². The lowest BCUT2D eigenvalue weighted by molar-refractivity contribution is 0.221. The molecule has 0 radical (unpaired) electrons. The molecule has 6 heteroatoms. The van der Waals surface area contributed by atoms with Crippen molar-refractivity contribution in [3.8, 4) is 0 Å². The Kier molecular flexibility index (Phi) is 6.74. The summed E-state index contributed by atoms with van der Waals surface area (Å²) in [6, 6.07) is -0.152. The Balaban J connectivity index is 1.72. The van der Waals surface area contributed by atoms with Crippen LogP contribution in [-0.2, 0) is 9.84 Å². The van der Waals surface area contributed by atoms with E-state index in [1.807, 2.05) is 0 Å². The van der Waals surface area contributed by atoms with Crippen LogP contribution in [-0.4, -0.2) is 38.5 Å². The summed E-state index contributed by atoms with van der Waals surface area (Å²) in [5.74, 6) is 1.40. The van der Waals surface area contributed by atoms with Crippen molar-refractivity contribution in [3.05, 3.63) is 0 Å². The van der Waals surface area contributed by atoms with Gasteiger partial charge in [-0.2, -0.15) is 0 Å². The normalized spacial score (nSPS) is 32.3. The van der Waals surface area contributed by atoms with Crippen LogP contribution in [0.4, 0.5) is 4.79 Å².